The van der Waals surface area contributed by atoms with Crippen molar-refractivity contribution in [3.63, 3.8) is 0 Å². The first-order valence-corrected chi connectivity index (χ1v) is 7.84. The van der Waals surface area contributed by atoms with Crippen molar-refractivity contribution in [2.75, 3.05) is 7.11 Å². The van der Waals surface area contributed by atoms with Gasteiger partial charge in [0, 0.05) is 6.54 Å². The van der Waals surface area contributed by atoms with E-state index in [1.54, 1.807) is 24.3 Å². The number of halogens is 1. The summed E-state index contributed by atoms with van der Waals surface area (Å²) >= 11 is 0. The Morgan fingerprint density at radius 2 is 1.77 bits per heavy atom. The summed E-state index contributed by atoms with van der Waals surface area (Å²) in [5.74, 6) is -1.06. The van der Waals surface area contributed by atoms with Gasteiger partial charge in [0.25, 0.3) is 0 Å². The van der Waals surface area contributed by atoms with Gasteiger partial charge in [0.05, 0.1) is 17.6 Å². The molecule has 0 saturated carbocycles. The van der Waals surface area contributed by atoms with Crippen molar-refractivity contribution in [3.8, 4) is 0 Å². The highest BCUT2D eigenvalue weighted by molar-refractivity contribution is 7.89. The Labute approximate surface area is 127 Å². The van der Waals surface area contributed by atoms with Crippen LogP contribution in [0.15, 0.2) is 53.4 Å². The highest BCUT2D eigenvalue weighted by atomic mass is 32.2. The van der Waals surface area contributed by atoms with Crippen LogP contribution in [0.25, 0.3) is 0 Å². The summed E-state index contributed by atoms with van der Waals surface area (Å²) in [6.45, 7) is -0.0784. The van der Waals surface area contributed by atoms with Gasteiger partial charge in [0.2, 0.25) is 10.0 Å². The largest absolute Gasteiger partial charge is 0.465 e. The Kier molecular flexibility index (Phi) is 4.89. The zero-order chi connectivity index (χ0) is 16.2. The molecule has 22 heavy (non-hydrogen) atoms. The molecule has 0 bridgehead atoms. The number of ether oxygens (including phenoxy) is 1. The lowest BCUT2D eigenvalue weighted by Crippen LogP contribution is -2.24. The summed E-state index contributed by atoms with van der Waals surface area (Å²) in [5, 5.41) is 0. The molecule has 0 unspecified atom stereocenters. The number of rotatable bonds is 5. The predicted molar refractivity (Wildman–Crippen MR) is 78.2 cm³/mol. The molecule has 0 aromatic heterocycles. The Bertz CT molecular complexity index is 772. The number of carbonyl (C=O) groups excluding carboxylic acids is 1. The van der Waals surface area contributed by atoms with Crippen molar-refractivity contribution in [1.82, 2.24) is 4.72 Å². The molecule has 2 rings (SSSR count). The molecule has 0 aliphatic heterocycles. The van der Waals surface area contributed by atoms with Crippen molar-refractivity contribution in [2.45, 2.75) is 11.4 Å². The van der Waals surface area contributed by atoms with E-state index in [1.165, 1.54) is 19.2 Å². The number of carbonyl (C=O) groups is 1. The first-order chi connectivity index (χ1) is 10.4. The standard InChI is InChI=1S/C15H14FNO4S/c1-21-15(18)14-5-3-2-4-11(14)10-17-22(19,20)13-8-6-12(16)7-9-13/h2-9,17H,10H2,1H3. The van der Waals surface area contributed by atoms with Crippen LogP contribution in [-0.2, 0) is 21.3 Å². The molecule has 1 N–H and O–H groups in total. The van der Waals surface area contributed by atoms with E-state index >= 15 is 0 Å². The van der Waals surface area contributed by atoms with Crippen molar-refractivity contribution >= 4 is 16.0 Å². The van der Waals surface area contributed by atoms with E-state index in [2.05, 4.69) is 9.46 Å². The highest BCUT2D eigenvalue weighted by Crippen LogP contribution is 2.13. The van der Waals surface area contributed by atoms with E-state index in [0.29, 0.717) is 5.56 Å². The normalized spacial score (nSPS) is 11.2. The molecule has 0 aliphatic carbocycles. The van der Waals surface area contributed by atoms with Gasteiger partial charge in [-0.3, -0.25) is 0 Å². The van der Waals surface area contributed by atoms with Crippen LogP contribution in [0.3, 0.4) is 0 Å². The monoisotopic (exact) mass is 323 g/mol. The molecule has 0 aliphatic rings. The Morgan fingerprint density at radius 1 is 1.14 bits per heavy atom. The maximum atomic E-state index is 12.8. The Morgan fingerprint density at radius 3 is 2.41 bits per heavy atom. The zero-order valence-corrected chi connectivity index (χ0v) is 12.6. The molecule has 5 nitrogen and oxygen atoms in total. The Hall–Kier alpha value is -2.25. The van der Waals surface area contributed by atoms with Crippen LogP contribution in [-0.4, -0.2) is 21.5 Å². The molecular formula is C15H14FNO4S. The van der Waals surface area contributed by atoms with Crippen molar-refractivity contribution in [2.24, 2.45) is 0 Å². The lowest BCUT2D eigenvalue weighted by atomic mass is 10.1. The molecule has 2 aromatic rings. The number of hydrogen-bond donors (Lipinski definition) is 1. The fraction of sp³-hybridized carbons (Fsp3) is 0.133. The second-order valence-electron chi connectivity index (χ2n) is 4.43. The minimum Gasteiger partial charge on any atom is -0.465 e. The van der Waals surface area contributed by atoms with Gasteiger partial charge in [0.15, 0.2) is 0 Å². The molecule has 7 heteroatoms. The fourth-order valence-corrected chi connectivity index (χ4v) is 2.86. The average Bonchev–Trinajstić information content (AvgIpc) is 2.53. The van der Waals surface area contributed by atoms with Gasteiger partial charge in [-0.05, 0) is 35.9 Å². The maximum absolute atomic E-state index is 12.8. The molecule has 0 atom stereocenters. The van der Waals surface area contributed by atoms with Crippen LogP contribution in [0, 0.1) is 5.82 Å². The lowest BCUT2D eigenvalue weighted by molar-refractivity contribution is 0.0599. The molecular weight excluding hydrogens is 309 g/mol. The van der Waals surface area contributed by atoms with Gasteiger partial charge >= 0.3 is 5.97 Å². The summed E-state index contributed by atoms with van der Waals surface area (Å²) < 4.78 is 44.1. The molecule has 0 spiro atoms. The molecule has 0 heterocycles. The van der Waals surface area contributed by atoms with Gasteiger partial charge < -0.3 is 4.74 Å². The summed E-state index contributed by atoms with van der Waals surface area (Å²) in [6, 6.07) is 11.0. The van der Waals surface area contributed by atoms with E-state index in [-0.39, 0.29) is 17.0 Å². The fourth-order valence-electron chi connectivity index (χ4n) is 1.85. The van der Waals surface area contributed by atoms with E-state index in [1.807, 2.05) is 0 Å². The van der Waals surface area contributed by atoms with E-state index in [0.717, 1.165) is 12.1 Å². The van der Waals surface area contributed by atoms with Crippen LogP contribution in [0.2, 0.25) is 0 Å². The number of hydrogen-bond acceptors (Lipinski definition) is 4. The predicted octanol–water partition coefficient (Wildman–Crippen LogP) is 2.09. The number of methoxy groups -OCH3 is 1. The Balaban J connectivity index is 2.19. The second kappa shape index (κ2) is 6.67. The lowest BCUT2D eigenvalue weighted by Gasteiger charge is -2.10. The third-order valence-corrected chi connectivity index (χ3v) is 4.42. The van der Waals surface area contributed by atoms with Crippen LogP contribution >= 0.6 is 0 Å². The van der Waals surface area contributed by atoms with Crippen LogP contribution in [0.5, 0.6) is 0 Å². The first kappa shape index (κ1) is 16.1. The first-order valence-electron chi connectivity index (χ1n) is 6.35. The molecule has 0 fully saturated rings. The zero-order valence-electron chi connectivity index (χ0n) is 11.7. The summed E-state index contributed by atoms with van der Waals surface area (Å²) in [4.78, 5) is 11.6. The second-order valence-corrected chi connectivity index (χ2v) is 6.19. The SMILES string of the molecule is COC(=O)c1ccccc1CNS(=O)(=O)c1ccc(F)cc1. The third-order valence-electron chi connectivity index (χ3n) is 3.00. The molecule has 0 radical (unpaired) electrons. The van der Waals surface area contributed by atoms with E-state index < -0.39 is 21.8 Å². The molecule has 116 valence electrons. The minimum atomic E-state index is -3.79. The number of benzene rings is 2. The van der Waals surface area contributed by atoms with Gasteiger partial charge in [0.1, 0.15) is 5.82 Å². The van der Waals surface area contributed by atoms with E-state index in [9.17, 15) is 17.6 Å². The van der Waals surface area contributed by atoms with Crippen molar-refractivity contribution in [1.29, 1.82) is 0 Å². The third kappa shape index (κ3) is 3.69. The summed E-state index contributed by atoms with van der Waals surface area (Å²) in [5.41, 5.74) is 0.770. The van der Waals surface area contributed by atoms with Gasteiger partial charge in [-0.2, -0.15) is 0 Å². The topological polar surface area (TPSA) is 72.5 Å². The minimum absolute atomic E-state index is 0.0514. The summed E-state index contributed by atoms with van der Waals surface area (Å²) in [7, 11) is -2.54. The van der Waals surface area contributed by atoms with Crippen molar-refractivity contribution in [3.05, 3.63) is 65.5 Å². The van der Waals surface area contributed by atoms with Crippen LogP contribution in [0.1, 0.15) is 15.9 Å². The van der Waals surface area contributed by atoms with Gasteiger partial charge in [-0.1, -0.05) is 18.2 Å². The van der Waals surface area contributed by atoms with Gasteiger partial charge in [-0.15, -0.1) is 0 Å². The quantitative estimate of drug-likeness (QED) is 0.855. The average molecular weight is 323 g/mol. The maximum Gasteiger partial charge on any atom is 0.338 e. The summed E-state index contributed by atoms with van der Waals surface area (Å²) in [6.07, 6.45) is 0. The van der Waals surface area contributed by atoms with Crippen molar-refractivity contribution < 1.29 is 22.3 Å². The number of esters is 1. The highest BCUT2D eigenvalue weighted by Gasteiger charge is 2.16. The van der Waals surface area contributed by atoms with Crippen LogP contribution < -0.4 is 4.72 Å². The number of nitrogens with one attached hydrogen (secondary N) is 1. The van der Waals surface area contributed by atoms with E-state index in [4.69, 9.17) is 0 Å². The molecule has 0 amide bonds. The number of sulfonamides is 1. The molecule has 0 saturated heterocycles. The van der Waals surface area contributed by atoms with Crippen LogP contribution in [0.4, 0.5) is 4.39 Å². The van der Waals surface area contributed by atoms with Gasteiger partial charge in [-0.25, -0.2) is 22.3 Å². The molecule has 2 aromatic carbocycles. The smallest absolute Gasteiger partial charge is 0.338 e.